The molecule has 154 valence electrons. The van der Waals surface area contributed by atoms with Gasteiger partial charge in [-0.2, -0.15) is 0 Å². The van der Waals surface area contributed by atoms with Crippen molar-refractivity contribution in [3.63, 3.8) is 0 Å². The molecule has 0 aromatic carbocycles. The second kappa shape index (κ2) is 12.4. The smallest absolute Gasteiger partial charge is 0.304 e. The third-order valence-electron chi connectivity index (χ3n) is 5.62. The Hall–Kier alpha value is -1.22. The summed E-state index contributed by atoms with van der Waals surface area (Å²) < 4.78 is 6.23. The van der Waals surface area contributed by atoms with E-state index in [4.69, 9.17) is 9.84 Å². The molecule has 2 aliphatic rings. The van der Waals surface area contributed by atoms with Gasteiger partial charge in [-0.1, -0.05) is 73.3 Å². The summed E-state index contributed by atoms with van der Waals surface area (Å²) in [5.41, 5.74) is 1.41. The number of aliphatic carboxylic acids is 1. The van der Waals surface area contributed by atoms with Crippen molar-refractivity contribution in [2.24, 2.45) is 17.8 Å². The van der Waals surface area contributed by atoms with Crippen molar-refractivity contribution in [1.82, 2.24) is 0 Å². The number of hydrogen-bond donors (Lipinski definition) is 1. The summed E-state index contributed by atoms with van der Waals surface area (Å²) in [5.74, 6) is 6.84. The van der Waals surface area contributed by atoms with Gasteiger partial charge in [-0.3, -0.25) is 4.79 Å². The lowest BCUT2D eigenvalue weighted by Crippen LogP contribution is -2.24. The van der Waals surface area contributed by atoms with Gasteiger partial charge in [0.15, 0.2) is 0 Å². The molecule has 0 bridgehead atoms. The molecule has 0 spiro atoms. The lowest BCUT2D eigenvalue weighted by Gasteiger charge is -2.26. The molecule has 0 fully saturated rings. The Morgan fingerprint density at radius 3 is 2.86 bits per heavy atom. The van der Waals surface area contributed by atoms with E-state index in [9.17, 15) is 4.79 Å². The van der Waals surface area contributed by atoms with Crippen LogP contribution >= 0.6 is 22.6 Å². The molecule has 0 amide bonds. The molecule has 2 rings (SSSR count). The first-order chi connectivity index (χ1) is 13.5. The van der Waals surface area contributed by atoms with Crippen molar-refractivity contribution >= 4 is 28.6 Å². The van der Waals surface area contributed by atoms with Gasteiger partial charge in [0.25, 0.3) is 0 Å². The minimum atomic E-state index is -0.798. The molecule has 0 heterocycles. The van der Waals surface area contributed by atoms with E-state index in [1.54, 1.807) is 6.92 Å². The summed E-state index contributed by atoms with van der Waals surface area (Å²) in [6.45, 7) is 4.69. The van der Waals surface area contributed by atoms with E-state index in [1.165, 1.54) is 44.1 Å². The summed E-state index contributed by atoms with van der Waals surface area (Å²) in [5, 5.41) is 9.15. The third kappa shape index (κ3) is 7.66. The Morgan fingerprint density at radius 2 is 2.25 bits per heavy atom. The molecule has 0 radical (unpaired) electrons. The monoisotopic (exact) mass is 496 g/mol. The molecule has 0 aromatic heterocycles. The molecular weight excluding hydrogens is 463 g/mol. The first-order valence-electron chi connectivity index (χ1n) is 10.5. The predicted octanol–water partition coefficient (Wildman–Crippen LogP) is 6.30. The second-order valence-electron chi connectivity index (χ2n) is 7.84. The van der Waals surface area contributed by atoms with Crippen molar-refractivity contribution in [1.29, 1.82) is 0 Å². The molecule has 0 aromatic rings. The molecule has 3 unspecified atom stereocenters. The molecule has 4 atom stereocenters. The maximum Gasteiger partial charge on any atom is 0.304 e. The van der Waals surface area contributed by atoms with Gasteiger partial charge in [-0.15, -0.1) is 5.92 Å². The maximum absolute atomic E-state index is 11.1. The van der Waals surface area contributed by atoms with Crippen molar-refractivity contribution in [2.45, 2.75) is 69.1 Å². The van der Waals surface area contributed by atoms with Crippen LogP contribution in [0.25, 0.3) is 0 Å². The van der Waals surface area contributed by atoms with Gasteiger partial charge < -0.3 is 9.84 Å². The van der Waals surface area contributed by atoms with Crippen LogP contribution in [0.1, 0.15) is 65.2 Å². The minimum Gasteiger partial charge on any atom is -0.490 e. The standard InChI is InChI=1S/C24H33IO3/c1-3-5-6-8-18-9-11-19(12-10-18)17-28-21-13-14-22(23(25)16-21)20(7-4-2)15-24(26)27/h11,13-14,16,18,20,22-23H,3,5-6,8-10,12,15,17H2,1-2H3,(H,26,27)/t18?,20-,22?,23?/m0/s1. The lowest BCUT2D eigenvalue weighted by atomic mass is 9.84. The lowest BCUT2D eigenvalue weighted by molar-refractivity contribution is -0.137. The molecule has 28 heavy (non-hydrogen) atoms. The number of unbranched alkanes of at least 4 members (excludes halogenated alkanes) is 2. The number of carbonyl (C=O) groups is 1. The van der Waals surface area contributed by atoms with Gasteiger partial charge in [0.05, 0.1) is 6.42 Å². The fraction of sp³-hybridized carbons (Fsp3) is 0.625. The van der Waals surface area contributed by atoms with Gasteiger partial charge in [0.1, 0.15) is 12.4 Å². The quantitative estimate of drug-likeness (QED) is 0.127. The van der Waals surface area contributed by atoms with Gasteiger partial charge in [0, 0.05) is 15.8 Å². The van der Waals surface area contributed by atoms with Gasteiger partial charge in [-0.25, -0.2) is 0 Å². The number of allylic oxidation sites excluding steroid dienone is 4. The van der Waals surface area contributed by atoms with Crippen LogP contribution in [0.2, 0.25) is 0 Å². The van der Waals surface area contributed by atoms with E-state index >= 15 is 0 Å². The Bertz CT molecular complexity index is 665. The average molecular weight is 496 g/mol. The van der Waals surface area contributed by atoms with Crippen molar-refractivity contribution in [3.8, 4) is 11.8 Å². The highest BCUT2D eigenvalue weighted by atomic mass is 127. The fourth-order valence-corrected chi connectivity index (χ4v) is 5.04. The number of carboxylic acid groups (broad SMARTS) is 1. The molecule has 3 nitrogen and oxygen atoms in total. The van der Waals surface area contributed by atoms with E-state index < -0.39 is 5.97 Å². The molecule has 0 saturated heterocycles. The summed E-state index contributed by atoms with van der Waals surface area (Å²) in [7, 11) is 0. The molecule has 0 saturated carbocycles. The summed E-state index contributed by atoms with van der Waals surface area (Å²) in [6.07, 6.45) is 17.6. The van der Waals surface area contributed by atoms with Crippen LogP contribution in [0, 0.1) is 29.6 Å². The summed E-state index contributed by atoms with van der Waals surface area (Å²) >= 11 is 2.37. The van der Waals surface area contributed by atoms with E-state index in [2.05, 4.69) is 59.6 Å². The van der Waals surface area contributed by atoms with Crippen LogP contribution in [-0.4, -0.2) is 21.6 Å². The Balaban J connectivity index is 1.82. The largest absolute Gasteiger partial charge is 0.490 e. The fourth-order valence-electron chi connectivity index (χ4n) is 3.94. The van der Waals surface area contributed by atoms with E-state index in [-0.39, 0.29) is 22.2 Å². The number of carboxylic acids is 1. The van der Waals surface area contributed by atoms with Crippen LogP contribution in [0.3, 0.4) is 0 Å². The van der Waals surface area contributed by atoms with Crippen molar-refractivity contribution in [3.05, 3.63) is 35.6 Å². The molecule has 0 aliphatic heterocycles. The van der Waals surface area contributed by atoms with Gasteiger partial charge in [-0.05, 0) is 49.8 Å². The maximum atomic E-state index is 11.1. The summed E-state index contributed by atoms with van der Waals surface area (Å²) in [6, 6.07) is 0. The van der Waals surface area contributed by atoms with Crippen molar-refractivity contribution in [2.75, 3.05) is 6.61 Å². The normalized spacial score (nSPS) is 25.2. The molecular formula is C24H33IO3. The Morgan fingerprint density at radius 1 is 1.43 bits per heavy atom. The van der Waals surface area contributed by atoms with E-state index in [0.29, 0.717) is 6.61 Å². The van der Waals surface area contributed by atoms with Gasteiger partial charge in [0.2, 0.25) is 0 Å². The Labute approximate surface area is 183 Å². The molecule has 2 aliphatic carbocycles. The van der Waals surface area contributed by atoms with Gasteiger partial charge >= 0.3 is 5.97 Å². The number of hydrogen-bond acceptors (Lipinski definition) is 2. The average Bonchev–Trinajstić information content (AvgIpc) is 2.67. The molecule has 4 heteroatoms. The SMILES string of the molecule is CC#C[C@@H](CC(=O)O)C1C=CC(OCC2=CCC(CCCCC)CC2)=CC1I. The zero-order valence-electron chi connectivity index (χ0n) is 17.1. The van der Waals surface area contributed by atoms with Crippen LogP contribution in [0.4, 0.5) is 0 Å². The highest BCUT2D eigenvalue weighted by molar-refractivity contribution is 14.1. The molecule has 1 N–H and O–H groups in total. The van der Waals surface area contributed by atoms with Crippen LogP contribution < -0.4 is 0 Å². The van der Waals surface area contributed by atoms with Crippen molar-refractivity contribution < 1.29 is 14.6 Å². The number of alkyl halides is 1. The van der Waals surface area contributed by atoms with E-state index in [1.807, 2.05) is 6.08 Å². The Kier molecular flexibility index (Phi) is 10.2. The first-order valence-corrected chi connectivity index (χ1v) is 11.8. The first kappa shape index (κ1) is 23.1. The number of ether oxygens (including phenoxy) is 1. The van der Waals surface area contributed by atoms with Crippen LogP contribution in [0.5, 0.6) is 0 Å². The summed E-state index contributed by atoms with van der Waals surface area (Å²) in [4.78, 5) is 11.1. The zero-order chi connectivity index (χ0) is 20.4. The zero-order valence-corrected chi connectivity index (χ0v) is 19.3. The van der Waals surface area contributed by atoms with E-state index in [0.717, 1.165) is 18.1 Å². The second-order valence-corrected chi connectivity index (χ2v) is 9.27. The highest BCUT2D eigenvalue weighted by Gasteiger charge is 2.28. The topological polar surface area (TPSA) is 46.5 Å². The predicted molar refractivity (Wildman–Crippen MR) is 123 cm³/mol. The van der Waals surface area contributed by atoms with Crippen LogP contribution in [0.15, 0.2) is 35.6 Å². The number of rotatable bonds is 10. The minimum absolute atomic E-state index is 0.0751. The highest BCUT2D eigenvalue weighted by Crippen LogP contribution is 2.33. The van der Waals surface area contributed by atoms with Crippen LogP contribution in [-0.2, 0) is 9.53 Å². The third-order valence-corrected chi connectivity index (χ3v) is 6.81. The number of halogens is 1.